The summed E-state index contributed by atoms with van der Waals surface area (Å²) in [5.74, 6) is -0.123. The monoisotopic (exact) mass is 314 g/mol. The highest BCUT2D eigenvalue weighted by Gasteiger charge is 2.13. The van der Waals surface area contributed by atoms with E-state index in [4.69, 9.17) is 5.73 Å². The van der Waals surface area contributed by atoms with Gasteiger partial charge in [0.05, 0.1) is 5.56 Å². The van der Waals surface area contributed by atoms with Gasteiger partial charge >= 0.3 is 0 Å². The highest BCUT2D eigenvalue weighted by molar-refractivity contribution is 14.1. The van der Waals surface area contributed by atoms with E-state index < -0.39 is 0 Å². The summed E-state index contributed by atoms with van der Waals surface area (Å²) in [7, 11) is 0. The Kier molecular flexibility index (Phi) is 2.67. The lowest BCUT2D eigenvalue weighted by molar-refractivity contribution is 0.0961. The molecule has 0 aliphatic heterocycles. The number of carbonyl (C=O) groups excluding carboxylic acids is 1. The van der Waals surface area contributed by atoms with Crippen LogP contribution in [0.3, 0.4) is 0 Å². The van der Waals surface area contributed by atoms with E-state index in [1.807, 2.05) is 12.1 Å². The number of aromatic nitrogens is 3. The van der Waals surface area contributed by atoms with Crippen LogP contribution < -0.4 is 5.73 Å². The zero-order chi connectivity index (χ0) is 10.8. The van der Waals surface area contributed by atoms with Crippen LogP contribution in [-0.4, -0.2) is 20.7 Å². The van der Waals surface area contributed by atoms with Gasteiger partial charge in [0, 0.05) is 3.57 Å². The predicted molar refractivity (Wildman–Crippen MR) is 63.3 cm³/mol. The molecule has 15 heavy (non-hydrogen) atoms. The van der Waals surface area contributed by atoms with Crippen molar-refractivity contribution in [1.29, 1.82) is 0 Å². The number of nitrogen functional groups attached to an aromatic ring is 1. The second-order valence-electron chi connectivity index (χ2n) is 2.84. The van der Waals surface area contributed by atoms with Gasteiger partial charge in [0.1, 0.15) is 6.33 Å². The van der Waals surface area contributed by atoms with Gasteiger partial charge in [-0.05, 0) is 34.7 Å². The van der Waals surface area contributed by atoms with Gasteiger partial charge in [-0.2, -0.15) is 0 Å². The molecule has 0 aliphatic rings. The second kappa shape index (κ2) is 3.97. The van der Waals surface area contributed by atoms with Crippen LogP contribution in [0.15, 0.2) is 30.6 Å². The Morgan fingerprint density at radius 2 is 2.13 bits per heavy atom. The number of halogens is 1. The average molecular weight is 314 g/mol. The van der Waals surface area contributed by atoms with Crippen LogP contribution in [0, 0.1) is 3.57 Å². The molecule has 5 nitrogen and oxygen atoms in total. The van der Waals surface area contributed by atoms with Crippen molar-refractivity contribution in [3.05, 3.63) is 39.7 Å². The third-order valence-electron chi connectivity index (χ3n) is 1.90. The Hall–Kier alpha value is -1.44. The van der Waals surface area contributed by atoms with E-state index in [0.29, 0.717) is 5.56 Å². The van der Waals surface area contributed by atoms with Gasteiger partial charge in [0.15, 0.2) is 0 Å². The van der Waals surface area contributed by atoms with E-state index in [9.17, 15) is 4.79 Å². The first-order valence-corrected chi connectivity index (χ1v) is 5.23. The number of hydrogen-bond donors (Lipinski definition) is 1. The molecule has 0 saturated heterocycles. The van der Waals surface area contributed by atoms with E-state index in [0.717, 1.165) is 3.57 Å². The van der Waals surface area contributed by atoms with Crippen LogP contribution >= 0.6 is 22.6 Å². The molecule has 76 valence electrons. The van der Waals surface area contributed by atoms with Crippen molar-refractivity contribution >= 4 is 34.4 Å². The smallest absolute Gasteiger partial charge is 0.267 e. The molecule has 0 atom stereocenters. The third-order valence-corrected chi connectivity index (χ3v) is 2.84. The minimum Gasteiger partial charge on any atom is -0.368 e. The molecule has 1 aromatic carbocycles. The fraction of sp³-hybridized carbons (Fsp3) is 0. The number of anilines is 1. The normalized spacial score (nSPS) is 10.2. The number of hydrogen-bond acceptors (Lipinski definition) is 4. The Morgan fingerprint density at radius 3 is 2.73 bits per heavy atom. The molecule has 2 N–H and O–H groups in total. The van der Waals surface area contributed by atoms with Gasteiger partial charge in [-0.25, -0.2) is 4.57 Å². The van der Waals surface area contributed by atoms with Crippen molar-refractivity contribution in [2.45, 2.75) is 0 Å². The zero-order valence-electron chi connectivity index (χ0n) is 7.59. The standard InChI is InChI=1S/C9H7IN4O/c10-7-4-2-1-3-6(7)8(15)14-5-12-13-9(14)11/h1-5H,(H2,11,13). The lowest BCUT2D eigenvalue weighted by Crippen LogP contribution is -2.15. The fourth-order valence-electron chi connectivity index (χ4n) is 1.16. The van der Waals surface area contributed by atoms with Crippen LogP contribution in [0.2, 0.25) is 0 Å². The number of nitrogens with zero attached hydrogens (tertiary/aromatic N) is 3. The first-order valence-electron chi connectivity index (χ1n) is 4.15. The van der Waals surface area contributed by atoms with Gasteiger partial charge < -0.3 is 5.73 Å². The van der Waals surface area contributed by atoms with E-state index in [2.05, 4.69) is 32.8 Å². The summed E-state index contributed by atoms with van der Waals surface area (Å²) in [5, 5.41) is 7.12. The Morgan fingerprint density at radius 1 is 1.40 bits per heavy atom. The Bertz CT molecular complexity index is 508. The molecule has 1 aromatic heterocycles. The van der Waals surface area contributed by atoms with Gasteiger partial charge in [-0.3, -0.25) is 4.79 Å². The quantitative estimate of drug-likeness (QED) is 0.802. The van der Waals surface area contributed by atoms with Crippen molar-refractivity contribution in [2.24, 2.45) is 0 Å². The van der Waals surface area contributed by atoms with Crippen molar-refractivity contribution in [2.75, 3.05) is 5.73 Å². The maximum atomic E-state index is 11.9. The molecule has 0 fully saturated rings. The summed E-state index contributed by atoms with van der Waals surface area (Å²) >= 11 is 2.10. The van der Waals surface area contributed by atoms with E-state index >= 15 is 0 Å². The maximum absolute atomic E-state index is 11.9. The van der Waals surface area contributed by atoms with Gasteiger partial charge in [-0.1, -0.05) is 12.1 Å². The van der Waals surface area contributed by atoms with E-state index in [1.54, 1.807) is 12.1 Å². The summed E-state index contributed by atoms with van der Waals surface area (Å²) in [6.07, 6.45) is 1.31. The molecular weight excluding hydrogens is 307 g/mol. The lowest BCUT2D eigenvalue weighted by atomic mass is 10.2. The molecule has 0 aliphatic carbocycles. The maximum Gasteiger partial charge on any atom is 0.267 e. The molecule has 6 heteroatoms. The summed E-state index contributed by atoms with van der Waals surface area (Å²) in [6, 6.07) is 7.27. The number of rotatable bonds is 1. The molecule has 2 rings (SSSR count). The highest BCUT2D eigenvalue weighted by atomic mass is 127. The van der Waals surface area contributed by atoms with Crippen LogP contribution in [0.5, 0.6) is 0 Å². The molecular formula is C9H7IN4O. The fourth-order valence-corrected chi connectivity index (χ4v) is 1.78. The molecule has 0 spiro atoms. The lowest BCUT2D eigenvalue weighted by Gasteiger charge is -2.03. The van der Waals surface area contributed by atoms with Crippen molar-refractivity contribution in [3.63, 3.8) is 0 Å². The van der Waals surface area contributed by atoms with Crippen LogP contribution in [-0.2, 0) is 0 Å². The van der Waals surface area contributed by atoms with Crippen LogP contribution in [0.4, 0.5) is 5.95 Å². The molecule has 0 saturated carbocycles. The predicted octanol–water partition coefficient (Wildman–Crippen LogP) is 1.15. The van der Waals surface area contributed by atoms with Crippen LogP contribution in [0.1, 0.15) is 10.4 Å². The van der Waals surface area contributed by atoms with Crippen molar-refractivity contribution in [3.8, 4) is 0 Å². The number of carbonyl (C=O) groups is 1. The summed E-state index contributed by atoms with van der Waals surface area (Å²) in [6.45, 7) is 0. The Balaban J connectivity index is 2.46. The van der Waals surface area contributed by atoms with Crippen LogP contribution in [0.25, 0.3) is 0 Å². The SMILES string of the molecule is Nc1nncn1C(=O)c1ccccc1I. The molecule has 0 radical (unpaired) electrons. The average Bonchev–Trinajstić information content (AvgIpc) is 2.64. The number of nitrogens with two attached hydrogens (primary N) is 1. The first kappa shape index (κ1) is 10.1. The molecule has 1 heterocycles. The minimum atomic E-state index is -0.220. The van der Waals surface area contributed by atoms with E-state index in [1.165, 1.54) is 10.9 Å². The van der Waals surface area contributed by atoms with Crippen molar-refractivity contribution in [1.82, 2.24) is 14.8 Å². The van der Waals surface area contributed by atoms with Gasteiger partial charge in [0.2, 0.25) is 5.95 Å². The van der Waals surface area contributed by atoms with E-state index in [-0.39, 0.29) is 11.9 Å². The second-order valence-corrected chi connectivity index (χ2v) is 4.01. The third kappa shape index (κ3) is 1.84. The molecule has 0 unspecified atom stereocenters. The van der Waals surface area contributed by atoms with Gasteiger partial charge in [0.25, 0.3) is 5.91 Å². The topological polar surface area (TPSA) is 73.8 Å². The number of benzene rings is 1. The van der Waals surface area contributed by atoms with Gasteiger partial charge in [-0.15, -0.1) is 10.2 Å². The first-order chi connectivity index (χ1) is 7.20. The summed E-state index contributed by atoms with van der Waals surface area (Å²) in [4.78, 5) is 11.9. The molecule has 2 aromatic rings. The highest BCUT2D eigenvalue weighted by Crippen LogP contribution is 2.13. The largest absolute Gasteiger partial charge is 0.368 e. The zero-order valence-corrected chi connectivity index (χ0v) is 9.75. The summed E-state index contributed by atoms with van der Waals surface area (Å²) < 4.78 is 2.09. The van der Waals surface area contributed by atoms with Crippen molar-refractivity contribution < 1.29 is 4.79 Å². The molecule has 0 amide bonds. The minimum absolute atomic E-state index is 0.0969. The Labute approximate surface area is 99.4 Å². The summed E-state index contributed by atoms with van der Waals surface area (Å²) in [5.41, 5.74) is 6.08. The molecule has 0 bridgehead atoms.